The second-order valence-corrected chi connectivity index (χ2v) is 5.75. The Hall–Kier alpha value is -1.04. The van der Waals surface area contributed by atoms with Crippen LogP contribution in [0.1, 0.15) is 56.1 Å². The number of halogens is 1. The van der Waals surface area contributed by atoms with E-state index in [1.165, 1.54) is 44.9 Å². The van der Waals surface area contributed by atoms with E-state index in [0.29, 0.717) is 16.6 Å². The van der Waals surface area contributed by atoms with Crippen molar-refractivity contribution < 1.29 is 0 Å². The van der Waals surface area contributed by atoms with Gasteiger partial charge in [0.1, 0.15) is 0 Å². The summed E-state index contributed by atoms with van der Waals surface area (Å²) in [5, 5.41) is 13.1. The largest absolute Gasteiger partial charge is 0.310 e. The minimum absolute atomic E-state index is 0.618. The molecule has 2 rings (SSSR count). The van der Waals surface area contributed by atoms with E-state index >= 15 is 0 Å². The average molecular weight is 277 g/mol. The van der Waals surface area contributed by atoms with Gasteiger partial charge in [0.05, 0.1) is 11.6 Å². The Morgan fingerprint density at radius 1 is 1.16 bits per heavy atom. The summed E-state index contributed by atoms with van der Waals surface area (Å²) in [6.07, 6.45) is 9.35. The van der Waals surface area contributed by atoms with Crippen molar-refractivity contribution in [2.45, 2.75) is 57.5 Å². The second-order valence-electron chi connectivity index (χ2n) is 5.34. The number of nitriles is 1. The third kappa shape index (κ3) is 4.53. The monoisotopic (exact) mass is 276 g/mol. The normalized spacial score (nSPS) is 17.5. The molecule has 0 spiro atoms. The molecule has 2 nitrogen and oxygen atoms in total. The number of nitrogens with one attached hydrogen (secondary N) is 1. The summed E-state index contributed by atoms with van der Waals surface area (Å²) >= 11 is 6.19. The molecule has 1 aromatic carbocycles. The minimum Gasteiger partial charge on any atom is -0.310 e. The Morgan fingerprint density at radius 2 is 1.84 bits per heavy atom. The van der Waals surface area contributed by atoms with E-state index in [2.05, 4.69) is 11.4 Å². The third-order valence-electron chi connectivity index (χ3n) is 3.87. The fourth-order valence-electron chi connectivity index (χ4n) is 2.67. The molecule has 0 saturated heterocycles. The van der Waals surface area contributed by atoms with Crippen LogP contribution in [0.25, 0.3) is 0 Å². The quantitative estimate of drug-likeness (QED) is 0.887. The van der Waals surface area contributed by atoms with Crippen LogP contribution in [0.3, 0.4) is 0 Å². The summed E-state index contributed by atoms with van der Waals surface area (Å²) < 4.78 is 0. The van der Waals surface area contributed by atoms with Gasteiger partial charge < -0.3 is 5.32 Å². The number of hydrogen-bond donors (Lipinski definition) is 1. The van der Waals surface area contributed by atoms with Gasteiger partial charge in [0.15, 0.2) is 0 Å². The number of benzene rings is 1. The van der Waals surface area contributed by atoms with Gasteiger partial charge in [0.2, 0.25) is 0 Å². The van der Waals surface area contributed by atoms with E-state index in [-0.39, 0.29) is 0 Å². The van der Waals surface area contributed by atoms with Gasteiger partial charge in [0, 0.05) is 17.6 Å². The van der Waals surface area contributed by atoms with Crippen molar-refractivity contribution in [3.63, 3.8) is 0 Å². The molecule has 0 bridgehead atoms. The molecule has 1 saturated carbocycles. The molecule has 0 aromatic heterocycles. The molecule has 0 aliphatic heterocycles. The van der Waals surface area contributed by atoms with Crippen molar-refractivity contribution in [3.05, 3.63) is 34.3 Å². The van der Waals surface area contributed by atoms with Crippen LogP contribution in [-0.2, 0) is 6.54 Å². The van der Waals surface area contributed by atoms with Crippen LogP contribution >= 0.6 is 11.6 Å². The molecule has 1 fully saturated rings. The van der Waals surface area contributed by atoms with Crippen LogP contribution < -0.4 is 5.32 Å². The van der Waals surface area contributed by atoms with Gasteiger partial charge in [-0.15, -0.1) is 0 Å². The zero-order valence-corrected chi connectivity index (χ0v) is 12.0. The van der Waals surface area contributed by atoms with Gasteiger partial charge in [-0.2, -0.15) is 5.26 Å². The number of nitrogens with zero attached hydrogens (tertiary/aromatic N) is 1. The molecule has 0 heterocycles. The molecule has 0 unspecified atom stereocenters. The molecule has 1 aliphatic rings. The summed E-state index contributed by atoms with van der Waals surface area (Å²) in [7, 11) is 0. The van der Waals surface area contributed by atoms with Gasteiger partial charge in [-0.1, -0.05) is 49.8 Å². The fourth-order valence-corrected chi connectivity index (χ4v) is 2.92. The highest BCUT2D eigenvalue weighted by Gasteiger charge is 2.11. The third-order valence-corrected chi connectivity index (χ3v) is 4.22. The smallest absolute Gasteiger partial charge is 0.0992 e. The molecular formula is C16H21ClN2. The predicted molar refractivity (Wildman–Crippen MR) is 79.1 cm³/mol. The van der Waals surface area contributed by atoms with Gasteiger partial charge in [-0.3, -0.25) is 0 Å². The lowest BCUT2D eigenvalue weighted by Crippen LogP contribution is -2.29. The maximum atomic E-state index is 8.82. The van der Waals surface area contributed by atoms with Gasteiger partial charge >= 0.3 is 0 Å². The molecule has 0 radical (unpaired) electrons. The zero-order valence-electron chi connectivity index (χ0n) is 11.3. The highest BCUT2D eigenvalue weighted by molar-refractivity contribution is 6.31. The van der Waals surface area contributed by atoms with E-state index in [0.717, 1.165) is 12.1 Å². The van der Waals surface area contributed by atoms with Crippen molar-refractivity contribution >= 4 is 11.6 Å². The molecule has 0 amide bonds. The van der Waals surface area contributed by atoms with E-state index in [1.54, 1.807) is 6.07 Å². The molecule has 1 aromatic rings. The van der Waals surface area contributed by atoms with Crippen LogP contribution in [0.15, 0.2) is 18.2 Å². The van der Waals surface area contributed by atoms with E-state index in [9.17, 15) is 0 Å². The molecular weight excluding hydrogens is 256 g/mol. The fraction of sp³-hybridized carbons (Fsp3) is 0.562. The van der Waals surface area contributed by atoms with Crippen molar-refractivity contribution in [2.24, 2.45) is 0 Å². The Balaban J connectivity index is 1.88. The molecule has 19 heavy (non-hydrogen) atoms. The van der Waals surface area contributed by atoms with Crippen molar-refractivity contribution in [1.82, 2.24) is 5.32 Å². The Kier molecular flexibility index (Phi) is 5.69. The minimum atomic E-state index is 0.618. The summed E-state index contributed by atoms with van der Waals surface area (Å²) in [6, 6.07) is 8.26. The van der Waals surface area contributed by atoms with Crippen molar-refractivity contribution in [2.75, 3.05) is 0 Å². The Morgan fingerprint density at radius 3 is 2.47 bits per heavy atom. The molecule has 0 atom stereocenters. The van der Waals surface area contributed by atoms with E-state index in [1.807, 2.05) is 12.1 Å². The lowest BCUT2D eigenvalue weighted by Gasteiger charge is -2.21. The van der Waals surface area contributed by atoms with Crippen LogP contribution in [0.5, 0.6) is 0 Å². The summed E-state index contributed by atoms with van der Waals surface area (Å²) in [6.45, 7) is 0.801. The highest BCUT2D eigenvalue weighted by atomic mass is 35.5. The zero-order chi connectivity index (χ0) is 13.5. The van der Waals surface area contributed by atoms with E-state index < -0.39 is 0 Å². The maximum Gasteiger partial charge on any atom is 0.0992 e. The van der Waals surface area contributed by atoms with Crippen molar-refractivity contribution in [3.8, 4) is 6.07 Å². The molecule has 102 valence electrons. The van der Waals surface area contributed by atoms with Gasteiger partial charge in [-0.25, -0.2) is 0 Å². The second kappa shape index (κ2) is 7.53. The Labute approximate surface area is 120 Å². The summed E-state index contributed by atoms with van der Waals surface area (Å²) in [5.74, 6) is 0. The first kappa shape index (κ1) is 14.4. The molecule has 1 N–H and O–H groups in total. The van der Waals surface area contributed by atoms with E-state index in [4.69, 9.17) is 16.9 Å². The average Bonchev–Trinajstić information content (AvgIpc) is 2.38. The topological polar surface area (TPSA) is 35.8 Å². The number of hydrogen-bond acceptors (Lipinski definition) is 2. The van der Waals surface area contributed by atoms with Crippen LogP contribution in [0, 0.1) is 11.3 Å². The first-order valence-electron chi connectivity index (χ1n) is 7.21. The van der Waals surface area contributed by atoms with Crippen LogP contribution in [-0.4, -0.2) is 6.04 Å². The lowest BCUT2D eigenvalue weighted by molar-refractivity contribution is 0.389. The summed E-state index contributed by atoms with van der Waals surface area (Å²) in [4.78, 5) is 0. The SMILES string of the molecule is N#Cc1ccc(CNC2CCCCCCC2)c(Cl)c1. The van der Waals surface area contributed by atoms with Crippen LogP contribution in [0.4, 0.5) is 0 Å². The Bertz CT molecular complexity index is 443. The van der Waals surface area contributed by atoms with Gasteiger partial charge in [0.25, 0.3) is 0 Å². The van der Waals surface area contributed by atoms with Crippen LogP contribution in [0.2, 0.25) is 5.02 Å². The summed E-state index contributed by atoms with van der Waals surface area (Å²) in [5.41, 5.74) is 1.71. The number of rotatable bonds is 3. The molecule has 3 heteroatoms. The first-order valence-corrected chi connectivity index (χ1v) is 7.59. The van der Waals surface area contributed by atoms with Crippen molar-refractivity contribution in [1.29, 1.82) is 5.26 Å². The maximum absolute atomic E-state index is 8.82. The standard InChI is InChI=1S/C16H21ClN2/c17-16-10-13(11-18)8-9-14(16)12-19-15-6-4-2-1-3-5-7-15/h8-10,15,19H,1-7,12H2. The predicted octanol–water partition coefficient (Wildman–Crippen LogP) is 4.41. The van der Waals surface area contributed by atoms with Gasteiger partial charge in [-0.05, 0) is 30.5 Å². The first-order chi connectivity index (χ1) is 9.29. The lowest BCUT2D eigenvalue weighted by atomic mass is 9.96. The molecule has 1 aliphatic carbocycles. The highest BCUT2D eigenvalue weighted by Crippen LogP contribution is 2.20.